The van der Waals surface area contributed by atoms with Crippen molar-refractivity contribution in [2.24, 2.45) is 5.92 Å². The fraction of sp³-hybridized carbons (Fsp3) is 0.167. The van der Waals surface area contributed by atoms with Crippen LogP contribution in [-0.2, 0) is 20.5 Å². The lowest BCUT2D eigenvalue weighted by Gasteiger charge is -2.50. The van der Waals surface area contributed by atoms with Gasteiger partial charge in [-0.05, 0) is 53.8 Å². The fourth-order valence-corrected chi connectivity index (χ4v) is 5.78. The number of phenols is 1. The lowest BCUT2D eigenvalue weighted by molar-refractivity contribution is -0.140. The Balaban J connectivity index is 1.49. The maximum absolute atomic E-state index is 14.2. The van der Waals surface area contributed by atoms with Gasteiger partial charge in [-0.25, -0.2) is 4.39 Å². The van der Waals surface area contributed by atoms with Gasteiger partial charge in [0, 0.05) is 11.1 Å². The highest BCUT2D eigenvalue weighted by Gasteiger charge is 2.55. The summed E-state index contributed by atoms with van der Waals surface area (Å²) in [6, 6.07) is 25.7. The van der Waals surface area contributed by atoms with Gasteiger partial charge in [0.05, 0.1) is 16.9 Å². The number of benzene rings is 4. The molecule has 4 aromatic carbocycles. The molecule has 0 aliphatic carbocycles. The van der Waals surface area contributed by atoms with E-state index in [1.54, 1.807) is 30.3 Å². The van der Waals surface area contributed by atoms with Crippen molar-refractivity contribution < 1.29 is 32.4 Å². The summed E-state index contributed by atoms with van der Waals surface area (Å²) in [6.07, 6.45) is -0.678. The number of rotatable bonds is 8. The zero-order valence-electron chi connectivity index (χ0n) is 20.7. The molecule has 1 heterocycles. The standard InChI is InChI=1S/C30H26FNO6S/c31-26-9-5-4-8-24(26)27(33)17-16-25-29(35)32-30(25,20-6-2-1-3-7-20)21-12-15-23(28(34)18-21)19-10-13-22(14-11-19)39(36,37)38/h1-15,18,25,27,33-34H,16-17H2,(H,32,35)(H,36,37,38)/t25-,27-,30-/m0/s1. The predicted octanol–water partition coefficient (Wildman–Crippen LogP) is 4.95. The molecule has 0 unspecified atom stereocenters. The second kappa shape index (κ2) is 10.3. The number of phenolic OH excluding ortho intramolecular Hbond substituents is 1. The number of carbonyl (C=O) groups is 1. The molecule has 0 saturated carbocycles. The van der Waals surface area contributed by atoms with E-state index in [4.69, 9.17) is 0 Å². The van der Waals surface area contributed by atoms with E-state index in [1.165, 1.54) is 36.4 Å². The number of hydrogen-bond acceptors (Lipinski definition) is 5. The molecule has 1 fully saturated rings. The van der Waals surface area contributed by atoms with Crippen molar-refractivity contribution in [3.05, 3.63) is 120 Å². The number of halogens is 1. The van der Waals surface area contributed by atoms with Crippen molar-refractivity contribution in [2.45, 2.75) is 29.4 Å². The van der Waals surface area contributed by atoms with Gasteiger partial charge in [0.25, 0.3) is 10.1 Å². The summed E-state index contributed by atoms with van der Waals surface area (Å²) in [5.74, 6) is -1.42. The van der Waals surface area contributed by atoms with Gasteiger partial charge in [-0.15, -0.1) is 0 Å². The Kier molecular flexibility index (Phi) is 6.98. The largest absolute Gasteiger partial charge is 0.507 e. The molecule has 4 aromatic rings. The first-order valence-electron chi connectivity index (χ1n) is 12.3. The zero-order chi connectivity index (χ0) is 27.8. The molecule has 1 saturated heterocycles. The molecular formula is C30H26FNO6S. The van der Waals surface area contributed by atoms with Crippen LogP contribution in [-0.4, -0.2) is 29.1 Å². The van der Waals surface area contributed by atoms with Crippen molar-refractivity contribution in [2.75, 3.05) is 0 Å². The normalized spacial score (nSPS) is 19.7. The van der Waals surface area contributed by atoms with Crippen LogP contribution >= 0.6 is 0 Å². The van der Waals surface area contributed by atoms with Crippen molar-refractivity contribution in [1.82, 2.24) is 5.32 Å². The Hall–Kier alpha value is -4.05. The van der Waals surface area contributed by atoms with E-state index in [2.05, 4.69) is 5.32 Å². The van der Waals surface area contributed by atoms with Crippen molar-refractivity contribution >= 4 is 16.0 Å². The number of aliphatic hydroxyl groups is 1. The number of carbonyl (C=O) groups excluding carboxylic acids is 1. The topological polar surface area (TPSA) is 124 Å². The molecule has 0 bridgehead atoms. The SMILES string of the molecule is O=C1N[C@@](c2ccccc2)(c2ccc(-c3ccc(S(=O)(=O)O)cc3)c(O)c2)[C@H]1CC[C@H](O)c1ccccc1F. The number of hydrogen-bond donors (Lipinski definition) is 4. The average molecular weight is 548 g/mol. The van der Waals surface area contributed by atoms with Gasteiger partial charge in [0.1, 0.15) is 17.1 Å². The van der Waals surface area contributed by atoms with Gasteiger partial charge >= 0.3 is 0 Å². The number of nitrogens with one attached hydrogen (secondary N) is 1. The van der Waals surface area contributed by atoms with Crippen LogP contribution in [0.3, 0.4) is 0 Å². The minimum absolute atomic E-state index is 0.0892. The molecule has 7 nitrogen and oxygen atoms in total. The summed E-state index contributed by atoms with van der Waals surface area (Å²) in [4.78, 5) is 12.6. The lowest BCUT2D eigenvalue weighted by Crippen LogP contribution is -2.67. The number of β-lactam (4-membered cyclic amide) rings is 1. The average Bonchev–Trinajstić information content (AvgIpc) is 2.92. The fourth-order valence-electron chi connectivity index (χ4n) is 5.30. The molecule has 3 atom stereocenters. The number of aromatic hydroxyl groups is 1. The van der Waals surface area contributed by atoms with E-state index in [-0.39, 0.29) is 35.0 Å². The van der Waals surface area contributed by atoms with Crippen molar-refractivity contribution in [3.8, 4) is 16.9 Å². The van der Waals surface area contributed by atoms with Crippen molar-refractivity contribution in [3.63, 3.8) is 0 Å². The number of aliphatic hydroxyl groups excluding tert-OH is 1. The summed E-state index contributed by atoms with van der Waals surface area (Å²) in [5, 5.41) is 24.7. The monoisotopic (exact) mass is 547 g/mol. The summed E-state index contributed by atoms with van der Waals surface area (Å²) in [6.45, 7) is 0. The van der Waals surface area contributed by atoms with Gasteiger partial charge in [0.2, 0.25) is 5.91 Å². The van der Waals surface area contributed by atoms with Crippen LogP contribution in [0.5, 0.6) is 5.75 Å². The molecule has 1 aliphatic rings. The van der Waals surface area contributed by atoms with Gasteiger partial charge in [-0.3, -0.25) is 9.35 Å². The quantitative estimate of drug-likeness (QED) is 0.183. The molecule has 1 aliphatic heterocycles. The Bertz CT molecular complexity index is 1630. The second-order valence-corrected chi connectivity index (χ2v) is 11.0. The highest BCUT2D eigenvalue weighted by atomic mass is 32.2. The number of amides is 1. The van der Waals surface area contributed by atoms with Crippen molar-refractivity contribution in [1.29, 1.82) is 0 Å². The van der Waals surface area contributed by atoms with Gasteiger partial charge in [0.15, 0.2) is 0 Å². The van der Waals surface area contributed by atoms with Gasteiger partial charge < -0.3 is 15.5 Å². The molecule has 5 rings (SSSR count). The van der Waals surface area contributed by atoms with E-state index < -0.39 is 33.5 Å². The highest BCUT2D eigenvalue weighted by molar-refractivity contribution is 7.85. The van der Waals surface area contributed by atoms with E-state index in [0.717, 1.165) is 5.56 Å². The molecular weight excluding hydrogens is 521 g/mol. The summed E-state index contributed by atoms with van der Waals surface area (Å²) >= 11 is 0. The van der Waals surface area contributed by atoms with Crippen LogP contribution in [0.2, 0.25) is 0 Å². The van der Waals surface area contributed by atoms with Gasteiger partial charge in [-0.1, -0.05) is 72.8 Å². The third-order valence-electron chi connectivity index (χ3n) is 7.30. The van der Waals surface area contributed by atoms with E-state index in [0.29, 0.717) is 16.7 Å². The third-order valence-corrected chi connectivity index (χ3v) is 8.17. The molecule has 0 radical (unpaired) electrons. The summed E-state index contributed by atoms with van der Waals surface area (Å²) in [5.41, 5.74) is 1.56. The van der Waals surface area contributed by atoms with Crippen LogP contribution in [0.15, 0.2) is 102 Å². The Morgan fingerprint density at radius 2 is 1.56 bits per heavy atom. The second-order valence-electron chi connectivity index (χ2n) is 9.56. The molecule has 9 heteroatoms. The summed E-state index contributed by atoms with van der Waals surface area (Å²) < 4.78 is 46.2. The minimum Gasteiger partial charge on any atom is -0.507 e. The minimum atomic E-state index is -4.35. The first-order valence-corrected chi connectivity index (χ1v) is 13.8. The molecule has 1 amide bonds. The van der Waals surface area contributed by atoms with Crippen LogP contribution in [0, 0.1) is 11.7 Å². The maximum Gasteiger partial charge on any atom is 0.294 e. The first kappa shape index (κ1) is 26.6. The lowest BCUT2D eigenvalue weighted by atomic mass is 9.64. The summed E-state index contributed by atoms with van der Waals surface area (Å²) in [7, 11) is -4.35. The van der Waals surface area contributed by atoms with Crippen LogP contribution < -0.4 is 5.32 Å². The Morgan fingerprint density at radius 3 is 2.18 bits per heavy atom. The predicted molar refractivity (Wildman–Crippen MR) is 143 cm³/mol. The molecule has 39 heavy (non-hydrogen) atoms. The third kappa shape index (κ3) is 4.92. The van der Waals surface area contributed by atoms with E-state index in [9.17, 15) is 32.4 Å². The van der Waals surface area contributed by atoms with Crippen LogP contribution in [0.25, 0.3) is 11.1 Å². The highest BCUT2D eigenvalue weighted by Crippen LogP contribution is 2.48. The smallest absolute Gasteiger partial charge is 0.294 e. The Labute approximate surface area is 225 Å². The molecule has 0 spiro atoms. The van der Waals surface area contributed by atoms with Crippen LogP contribution in [0.4, 0.5) is 4.39 Å². The first-order chi connectivity index (χ1) is 18.6. The zero-order valence-corrected chi connectivity index (χ0v) is 21.5. The van der Waals surface area contributed by atoms with Crippen LogP contribution in [0.1, 0.15) is 35.6 Å². The maximum atomic E-state index is 14.2. The van der Waals surface area contributed by atoms with Gasteiger partial charge in [-0.2, -0.15) is 8.42 Å². The Morgan fingerprint density at radius 1 is 0.897 bits per heavy atom. The van der Waals surface area contributed by atoms with E-state index in [1.807, 2.05) is 30.3 Å². The molecule has 200 valence electrons. The van der Waals surface area contributed by atoms with E-state index >= 15 is 0 Å². The molecule has 4 N–H and O–H groups in total. The molecule has 0 aromatic heterocycles.